The number of hydrogen-bond donors (Lipinski definition) is 1. The van der Waals surface area contributed by atoms with E-state index >= 15 is 0 Å². The Morgan fingerprint density at radius 3 is 2.55 bits per heavy atom. The number of benzene rings is 2. The maximum absolute atomic E-state index is 5.53. The monoisotopic (exact) mass is 335 g/mol. The van der Waals surface area contributed by atoms with Gasteiger partial charge in [0, 0.05) is 12.1 Å². The van der Waals surface area contributed by atoms with Gasteiger partial charge in [0.15, 0.2) is 0 Å². The average molecular weight is 336 g/mol. The quantitative estimate of drug-likeness (QED) is 0.900. The van der Waals surface area contributed by atoms with Gasteiger partial charge in [-0.15, -0.1) is 0 Å². The van der Waals surface area contributed by atoms with Crippen molar-refractivity contribution >= 4 is 15.9 Å². The highest BCUT2D eigenvalue weighted by atomic mass is 79.9. The molecule has 0 saturated carbocycles. The van der Waals surface area contributed by atoms with Crippen molar-refractivity contribution in [2.45, 2.75) is 6.54 Å². The minimum atomic E-state index is 0.761. The first-order valence-electron chi connectivity index (χ1n) is 6.35. The molecule has 20 heavy (non-hydrogen) atoms. The summed E-state index contributed by atoms with van der Waals surface area (Å²) in [6.45, 7) is 0.841. The standard InChI is InChI=1S/C16H18BrNO2/c1-18-10-11-5-4-6-12(9-11)13-7-8-14(19-2)15(17)16(13)20-3/h4-9,18H,10H2,1-3H3. The van der Waals surface area contributed by atoms with Crippen LogP contribution in [-0.4, -0.2) is 21.3 Å². The van der Waals surface area contributed by atoms with Crippen molar-refractivity contribution in [1.82, 2.24) is 5.32 Å². The Morgan fingerprint density at radius 2 is 1.90 bits per heavy atom. The first-order valence-corrected chi connectivity index (χ1v) is 7.15. The number of rotatable bonds is 5. The molecular formula is C16H18BrNO2. The van der Waals surface area contributed by atoms with E-state index in [4.69, 9.17) is 9.47 Å². The molecular weight excluding hydrogens is 318 g/mol. The molecule has 2 aromatic rings. The molecule has 1 N–H and O–H groups in total. The fourth-order valence-corrected chi connectivity index (χ4v) is 2.84. The molecule has 2 aromatic carbocycles. The molecule has 0 bridgehead atoms. The molecule has 0 heterocycles. The van der Waals surface area contributed by atoms with Crippen LogP contribution in [0.2, 0.25) is 0 Å². The Morgan fingerprint density at radius 1 is 1.10 bits per heavy atom. The van der Waals surface area contributed by atoms with E-state index in [0.717, 1.165) is 33.6 Å². The number of hydrogen-bond acceptors (Lipinski definition) is 3. The van der Waals surface area contributed by atoms with E-state index in [2.05, 4.69) is 45.5 Å². The fourth-order valence-electron chi connectivity index (χ4n) is 2.18. The van der Waals surface area contributed by atoms with Gasteiger partial charge in [0.25, 0.3) is 0 Å². The van der Waals surface area contributed by atoms with E-state index in [1.165, 1.54) is 5.56 Å². The van der Waals surface area contributed by atoms with E-state index in [1.807, 2.05) is 19.2 Å². The zero-order chi connectivity index (χ0) is 14.5. The topological polar surface area (TPSA) is 30.5 Å². The smallest absolute Gasteiger partial charge is 0.144 e. The highest BCUT2D eigenvalue weighted by Gasteiger charge is 2.14. The van der Waals surface area contributed by atoms with E-state index in [0.29, 0.717) is 0 Å². The molecule has 0 fully saturated rings. The summed E-state index contributed by atoms with van der Waals surface area (Å²) in [6, 6.07) is 12.3. The second-order valence-electron chi connectivity index (χ2n) is 4.39. The van der Waals surface area contributed by atoms with Crippen molar-refractivity contribution in [2.75, 3.05) is 21.3 Å². The second kappa shape index (κ2) is 6.77. The molecule has 2 rings (SSSR count). The minimum absolute atomic E-state index is 0.761. The van der Waals surface area contributed by atoms with Crippen molar-refractivity contribution < 1.29 is 9.47 Å². The number of halogens is 1. The van der Waals surface area contributed by atoms with Gasteiger partial charge in [-0.05, 0) is 52.3 Å². The van der Waals surface area contributed by atoms with E-state index in [1.54, 1.807) is 14.2 Å². The highest BCUT2D eigenvalue weighted by Crippen LogP contribution is 2.42. The number of ether oxygens (including phenoxy) is 2. The van der Waals surface area contributed by atoms with Gasteiger partial charge in [0.1, 0.15) is 16.0 Å². The normalized spacial score (nSPS) is 10.4. The summed E-state index contributed by atoms with van der Waals surface area (Å²) in [5, 5.41) is 3.16. The van der Waals surface area contributed by atoms with Crippen LogP contribution < -0.4 is 14.8 Å². The van der Waals surface area contributed by atoms with Crippen LogP contribution in [0.25, 0.3) is 11.1 Å². The lowest BCUT2D eigenvalue weighted by Gasteiger charge is -2.14. The average Bonchev–Trinajstić information content (AvgIpc) is 2.47. The van der Waals surface area contributed by atoms with Crippen molar-refractivity contribution in [1.29, 1.82) is 0 Å². The first-order chi connectivity index (χ1) is 9.71. The third-order valence-electron chi connectivity index (χ3n) is 3.10. The summed E-state index contributed by atoms with van der Waals surface area (Å²) in [6.07, 6.45) is 0. The van der Waals surface area contributed by atoms with E-state index in [-0.39, 0.29) is 0 Å². The van der Waals surface area contributed by atoms with Crippen LogP contribution in [0.4, 0.5) is 0 Å². The summed E-state index contributed by atoms with van der Waals surface area (Å²) < 4.78 is 11.7. The van der Waals surface area contributed by atoms with Gasteiger partial charge in [-0.25, -0.2) is 0 Å². The van der Waals surface area contributed by atoms with Gasteiger partial charge in [-0.2, -0.15) is 0 Å². The molecule has 106 valence electrons. The van der Waals surface area contributed by atoms with Crippen LogP contribution in [-0.2, 0) is 6.54 Å². The van der Waals surface area contributed by atoms with Gasteiger partial charge in [0.05, 0.1) is 14.2 Å². The Balaban J connectivity index is 2.52. The SMILES string of the molecule is CNCc1cccc(-c2ccc(OC)c(Br)c2OC)c1. The maximum Gasteiger partial charge on any atom is 0.144 e. The molecule has 0 saturated heterocycles. The number of nitrogens with one attached hydrogen (secondary N) is 1. The summed E-state index contributed by atoms with van der Waals surface area (Å²) in [4.78, 5) is 0. The lowest BCUT2D eigenvalue weighted by Crippen LogP contribution is -2.04. The third kappa shape index (κ3) is 2.97. The van der Waals surface area contributed by atoms with Crippen LogP contribution in [0, 0.1) is 0 Å². The zero-order valence-electron chi connectivity index (χ0n) is 11.9. The third-order valence-corrected chi connectivity index (χ3v) is 3.86. The Hall–Kier alpha value is -1.52. The lowest BCUT2D eigenvalue weighted by molar-refractivity contribution is 0.390. The fraction of sp³-hybridized carbons (Fsp3) is 0.250. The zero-order valence-corrected chi connectivity index (χ0v) is 13.5. The molecule has 0 radical (unpaired) electrons. The predicted molar refractivity (Wildman–Crippen MR) is 85.4 cm³/mol. The van der Waals surface area contributed by atoms with Crippen LogP contribution in [0.3, 0.4) is 0 Å². The minimum Gasteiger partial charge on any atom is -0.495 e. The van der Waals surface area contributed by atoms with Gasteiger partial charge in [-0.3, -0.25) is 0 Å². The summed E-state index contributed by atoms with van der Waals surface area (Å²) in [5.41, 5.74) is 3.40. The summed E-state index contributed by atoms with van der Waals surface area (Å²) in [7, 11) is 5.25. The van der Waals surface area contributed by atoms with Gasteiger partial charge < -0.3 is 14.8 Å². The van der Waals surface area contributed by atoms with Crippen molar-refractivity contribution in [3.8, 4) is 22.6 Å². The molecule has 0 aliphatic carbocycles. The first kappa shape index (κ1) is 14.9. The molecule has 3 nitrogen and oxygen atoms in total. The van der Waals surface area contributed by atoms with Crippen LogP contribution in [0.1, 0.15) is 5.56 Å². The lowest BCUT2D eigenvalue weighted by atomic mass is 10.0. The van der Waals surface area contributed by atoms with E-state index in [9.17, 15) is 0 Å². The molecule has 0 atom stereocenters. The van der Waals surface area contributed by atoms with Crippen LogP contribution >= 0.6 is 15.9 Å². The molecule has 0 aromatic heterocycles. The molecule has 0 aliphatic rings. The highest BCUT2D eigenvalue weighted by molar-refractivity contribution is 9.10. The Kier molecular flexibility index (Phi) is 5.04. The molecule has 0 unspecified atom stereocenters. The molecule has 0 aliphatic heterocycles. The van der Waals surface area contributed by atoms with Crippen LogP contribution in [0.5, 0.6) is 11.5 Å². The molecule has 0 spiro atoms. The van der Waals surface area contributed by atoms with E-state index < -0.39 is 0 Å². The van der Waals surface area contributed by atoms with Crippen molar-refractivity contribution in [3.05, 3.63) is 46.4 Å². The summed E-state index contributed by atoms with van der Waals surface area (Å²) in [5.74, 6) is 1.54. The van der Waals surface area contributed by atoms with Crippen molar-refractivity contribution in [3.63, 3.8) is 0 Å². The number of methoxy groups -OCH3 is 2. The predicted octanol–water partition coefficient (Wildman–Crippen LogP) is 3.85. The van der Waals surface area contributed by atoms with Gasteiger partial charge >= 0.3 is 0 Å². The molecule has 4 heteroatoms. The Labute approximate surface area is 128 Å². The summed E-state index contributed by atoms with van der Waals surface area (Å²) >= 11 is 3.54. The maximum atomic E-state index is 5.53. The van der Waals surface area contributed by atoms with Crippen LogP contribution in [0.15, 0.2) is 40.9 Å². The largest absolute Gasteiger partial charge is 0.495 e. The van der Waals surface area contributed by atoms with Gasteiger partial charge in [0.2, 0.25) is 0 Å². The second-order valence-corrected chi connectivity index (χ2v) is 5.19. The molecule has 0 amide bonds. The van der Waals surface area contributed by atoms with Gasteiger partial charge in [-0.1, -0.05) is 18.2 Å². The Bertz CT molecular complexity index is 599. The van der Waals surface area contributed by atoms with Crippen molar-refractivity contribution in [2.24, 2.45) is 0 Å².